The van der Waals surface area contributed by atoms with Crippen molar-refractivity contribution in [2.75, 3.05) is 7.11 Å². The number of benzene rings is 1. The van der Waals surface area contributed by atoms with Crippen LogP contribution in [0.25, 0.3) is 5.53 Å². The fraction of sp³-hybridized carbons (Fsp3) is 0.143. The van der Waals surface area contributed by atoms with Crippen LogP contribution in [0.2, 0.25) is 5.02 Å². The van der Waals surface area contributed by atoms with Gasteiger partial charge in [0.05, 0.1) is 12.8 Å². The third-order valence-corrected chi connectivity index (χ3v) is 1.48. The van der Waals surface area contributed by atoms with E-state index in [0.717, 1.165) is 0 Å². The molecule has 0 aliphatic rings. The first kappa shape index (κ1) is 8.01. The number of nitrogens with zero attached hydrogens (tertiary/aromatic N) is 2. The number of halogens is 1. The molecule has 1 aromatic rings. The Labute approximate surface area is 69.4 Å². The van der Waals surface area contributed by atoms with Crippen LogP contribution < -0.4 is 4.74 Å². The van der Waals surface area contributed by atoms with Crippen molar-refractivity contribution in [1.82, 2.24) is 0 Å². The van der Waals surface area contributed by atoms with Gasteiger partial charge in [0.15, 0.2) is 0 Å². The smallest absolute Gasteiger partial charge is 0.142 e. The minimum absolute atomic E-state index is 0.333. The highest BCUT2D eigenvalue weighted by atomic mass is 35.5. The predicted molar refractivity (Wildman–Crippen MR) is 43.5 cm³/mol. The Hall–Kier alpha value is -1.09. The van der Waals surface area contributed by atoms with Crippen molar-refractivity contribution in [3.63, 3.8) is 0 Å². The van der Waals surface area contributed by atoms with Crippen LogP contribution in [0.3, 0.4) is 0 Å². The Bertz CT molecular complexity index is 275. The van der Waals surface area contributed by atoms with Crippen molar-refractivity contribution < 1.29 is 4.74 Å². The summed E-state index contributed by atoms with van der Waals surface area (Å²) in [5.74, 6) is 0.497. The molecule has 0 N–H and O–H groups in total. The molecule has 11 heavy (non-hydrogen) atoms. The van der Waals surface area contributed by atoms with Gasteiger partial charge in [-0.15, -0.1) is 0 Å². The van der Waals surface area contributed by atoms with Crippen LogP contribution in [0.15, 0.2) is 23.3 Å². The van der Waals surface area contributed by atoms with Crippen molar-refractivity contribution in [2.24, 2.45) is 5.11 Å². The van der Waals surface area contributed by atoms with Gasteiger partial charge in [-0.05, 0) is 18.2 Å². The Morgan fingerprint density at radius 1 is 1.55 bits per heavy atom. The predicted octanol–water partition coefficient (Wildman–Crippen LogP) is 3.00. The molecule has 58 valence electrons. The van der Waals surface area contributed by atoms with Crippen molar-refractivity contribution in [1.29, 1.82) is 0 Å². The second-order valence-electron chi connectivity index (χ2n) is 1.92. The largest absolute Gasteiger partial charge is 0.706 e. The molecule has 0 spiro atoms. The van der Waals surface area contributed by atoms with Gasteiger partial charge in [-0.2, -0.15) is 0 Å². The number of hydrogen-bond acceptors (Lipinski definition) is 2. The summed E-state index contributed by atoms with van der Waals surface area (Å²) in [6, 6.07) is 4.81. The third-order valence-electron chi connectivity index (χ3n) is 1.25. The highest BCUT2D eigenvalue weighted by Gasteiger charge is 1.97. The molecule has 0 fully saturated rings. The topological polar surface area (TPSA) is 43.9 Å². The Balaban J connectivity index is 3.16. The molecule has 0 aliphatic carbocycles. The molecule has 3 nitrogen and oxygen atoms in total. The standard InChI is InChI=1S/C7H6ClN2O/c1-11-7-3-2-5(8)4-6(7)10-9/h2-4H,1H3/q-1. The summed E-state index contributed by atoms with van der Waals surface area (Å²) in [5, 5.41) is 3.51. The van der Waals surface area contributed by atoms with E-state index in [2.05, 4.69) is 5.11 Å². The summed E-state index contributed by atoms with van der Waals surface area (Å²) < 4.78 is 4.88. The van der Waals surface area contributed by atoms with Crippen LogP contribution in [0.4, 0.5) is 5.69 Å². The minimum Gasteiger partial charge on any atom is -0.706 e. The maximum Gasteiger partial charge on any atom is 0.142 e. The average Bonchev–Trinajstić information content (AvgIpc) is 2.04. The number of methoxy groups -OCH3 is 1. The quantitative estimate of drug-likeness (QED) is 0.628. The highest BCUT2D eigenvalue weighted by molar-refractivity contribution is 6.30. The van der Waals surface area contributed by atoms with Crippen LogP contribution in [-0.4, -0.2) is 7.11 Å². The highest BCUT2D eigenvalue weighted by Crippen LogP contribution is 2.29. The van der Waals surface area contributed by atoms with Gasteiger partial charge in [-0.1, -0.05) is 11.6 Å². The summed E-state index contributed by atoms with van der Waals surface area (Å²) >= 11 is 5.63. The second kappa shape index (κ2) is 3.34. The summed E-state index contributed by atoms with van der Waals surface area (Å²) in [6.07, 6.45) is 0. The molecule has 0 bridgehead atoms. The lowest BCUT2D eigenvalue weighted by Gasteiger charge is -2.05. The molecule has 0 atom stereocenters. The molecule has 0 amide bonds. The Kier molecular flexibility index (Phi) is 2.44. The molecule has 1 rings (SSSR count). The Morgan fingerprint density at radius 3 is 2.82 bits per heavy atom. The number of rotatable bonds is 2. The fourth-order valence-corrected chi connectivity index (χ4v) is 0.908. The van der Waals surface area contributed by atoms with Crippen LogP contribution >= 0.6 is 11.6 Å². The lowest BCUT2D eigenvalue weighted by Crippen LogP contribution is -1.81. The van der Waals surface area contributed by atoms with Gasteiger partial charge in [0.2, 0.25) is 0 Å². The Morgan fingerprint density at radius 2 is 2.27 bits per heavy atom. The van der Waals surface area contributed by atoms with E-state index >= 15 is 0 Å². The van der Waals surface area contributed by atoms with E-state index in [1.165, 1.54) is 13.2 Å². The molecule has 4 heteroatoms. The first-order chi connectivity index (χ1) is 5.27. The first-order valence-electron chi connectivity index (χ1n) is 2.96. The van der Waals surface area contributed by atoms with E-state index in [1.54, 1.807) is 12.1 Å². The summed E-state index contributed by atoms with van der Waals surface area (Å²) in [5.41, 5.74) is 8.79. The maximum atomic E-state index is 8.46. The maximum absolute atomic E-state index is 8.46. The fourth-order valence-electron chi connectivity index (χ4n) is 0.741. The molecule has 0 saturated carbocycles. The average molecular weight is 170 g/mol. The molecule has 0 heterocycles. The first-order valence-corrected chi connectivity index (χ1v) is 3.34. The second-order valence-corrected chi connectivity index (χ2v) is 2.35. The van der Waals surface area contributed by atoms with E-state index in [4.69, 9.17) is 21.9 Å². The number of ether oxygens (including phenoxy) is 1. The van der Waals surface area contributed by atoms with Gasteiger partial charge in [-0.25, -0.2) is 0 Å². The van der Waals surface area contributed by atoms with Gasteiger partial charge in [0.25, 0.3) is 0 Å². The van der Waals surface area contributed by atoms with Crippen molar-refractivity contribution >= 4 is 17.3 Å². The van der Waals surface area contributed by atoms with E-state index in [1.807, 2.05) is 0 Å². The zero-order valence-corrected chi connectivity index (χ0v) is 6.67. The van der Waals surface area contributed by atoms with Gasteiger partial charge in [0.1, 0.15) is 5.75 Å². The lowest BCUT2D eigenvalue weighted by molar-refractivity contribution is 0.416. The van der Waals surface area contributed by atoms with Crippen molar-refractivity contribution in [2.45, 2.75) is 0 Å². The molecular formula is C7H6ClN2O-. The SMILES string of the molecule is COc1ccc(Cl)cc1N=[N-]. The summed E-state index contributed by atoms with van der Waals surface area (Å²) in [4.78, 5) is 0. The zero-order chi connectivity index (χ0) is 8.27. The molecule has 1 aromatic carbocycles. The van der Waals surface area contributed by atoms with E-state index in [9.17, 15) is 0 Å². The van der Waals surface area contributed by atoms with E-state index < -0.39 is 0 Å². The van der Waals surface area contributed by atoms with E-state index in [-0.39, 0.29) is 0 Å². The van der Waals surface area contributed by atoms with Crippen LogP contribution in [0, 0.1) is 0 Å². The monoisotopic (exact) mass is 169 g/mol. The van der Waals surface area contributed by atoms with Crippen LogP contribution in [-0.2, 0) is 0 Å². The molecule has 0 saturated heterocycles. The van der Waals surface area contributed by atoms with Crippen molar-refractivity contribution in [3.8, 4) is 5.75 Å². The van der Waals surface area contributed by atoms with Gasteiger partial charge in [-0.3, -0.25) is 0 Å². The molecule has 0 radical (unpaired) electrons. The number of hydrogen-bond donors (Lipinski definition) is 0. The summed E-state index contributed by atoms with van der Waals surface area (Å²) in [6.45, 7) is 0. The minimum atomic E-state index is 0.333. The van der Waals surface area contributed by atoms with Crippen LogP contribution in [0.1, 0.15) is 0 Å². The molecule has 0 unspecified atom stereocenters. The van der Waals surface area contributed by atoms with Crippen molar-refractivity contribution in [3.05, 3.63) is 28.8 Å². The molecule has 0 aliphatic heterocycles. The molecule has 0 aromatic heterocycles. The third kappa shape index (κ3) is 1.68. The summed E-state index contributed by atoms with van der Waals surface area (Å²) in [7, 11) is 1.50. The molecular weight excluding hydrogens is 164 g/mol. The van der Waals surface area contributed by atoms with Crippen LogP contribution in [0.5, 0.6) is 5.75 Å². The zero-order valence-electron chi connectivity index (χ0n) is 5.91. The normalized spacial score (nSPS) is 9.27. The van der Waals surface area contributed by atoms with Gasteiger partial charge in [0, 0.05) is 5.02 Å². The van der Waals surface area contributed by atoms with E-state index in [0.29, 0.717) is 16.5 Å². The lowest BCUT2D eigenvalue weighted by atomic mass is 10.3. The van der Waals surface area contributed by atoms with Gasteiger partial charge < -0.3 is 15.4 Å². The van der Waals surface area contributed by atoms with Gasteiger partial charge >= 0.3 is 0 Å².